The lowest BCUT2D eigenvalue weighted by molar-refractivity contribution is 0.213. The first-order valence-corrected chi connectivity index (χ1v) is 7.54. The molecule has 110 valence electrons. The van der Waals surface area contributed by atoms with Crippen LogP contribution in [0.15, 0.2) is 27.8 Å². The van der Waals surface area contributed by atoms with Crippen LogP contribution in [0.25, 0.3) is 0 Å². The summed E-state index contributed by atoms with van der Waals surface area (Å²) in [6.45, 7) is 0.976. The first-order valence-electron chi connectivity index (χ1n) is 6.75. The van der Waals surface area contributed by atoms with E-state index in [1.54, 1.807) is 6.07 Å². The molecule has 0 spiro atoms. The maximum Gasteiger partial charge on any atom is 0.153 e. The van der Waals surface area contributed by atoms with Gasteiger partial charge < -0.3 is 10.9 Å². The molecule has 0 atom stereocenters. The molecule has 0 bridgehead atoms. The van der Waals surface area contributed by atoms with Crippen LogP contribution in [0.3, 0.4) is 0 Å². The van der Waals surface area contributed by atoms with Gasteiger partial charge in [-0.2, -0.15) is 0 Å². The van der Waals surface area contributed by atoms with E-state index in [1.807, 2.05) is 6.07 Å². The number of nitrogens with zero attached hydrogens (tertiary/aromatic N) is 2. The predicted molar refractivity (Wildman–Crippen MR) is 80.2 cm³/mol. The van der Waals surface area contributed by atoms with Crippen LogP contribution < -0.4 is 5.73 Å². The second-order valence-electron chi connectivity index (χ2n) is 5.15. The van der Waals surface area contributed by atoms with Crippen LogP contribution in [0.1, 0.15) is 31.2 Å². The van der Waals surface area contributed by atoms with Gasteiger partial charge in [-0.3, -0.25) is 4.90 Å². The molecule has 0 aromatic heterocycles. The Morgan fingerprint density at radius 3 is 2.80 bits per heavy atom. The van der Waals surface area contributed by atoms with Crippen LogP contribution >= 0.6 is 15.9 Å². The van der Waals surface area contributed by atoms with Gasteiger partial charge in [0.2, 0.25) is 0 Å². The number of benzene rings is 1. The first kappa shape index (κ1) is 15.3. The fourth-order valence-corrected chi connectivity index (χ4v) is 3.10. The van der Waals surface area contributed by atoms with Crippen molar-refractivity contribution in [2.24, 2.45) is 10.9 Å². The number of hydrogen-bond acceptors (Lipinski definition) is 3. The van der Waals surface area contributed by atoms with Gasteiger partial charge in [-0.15, -0.1) is 0 Å². The van der Waals surface area contributed by atoms with Gasteiger partial charge in [-0.05, 0) is 40.4 Å². The van der Waals surface area contributed by atoms with Crippen molar-refractivity contribution < 1.29 is 9.60 Å². The standard InChI is InChI=1S/C14H19BrFN3O/c15-14-10(4-3-7-12(14)16)8-19(9-13(17)18-20)11-5-1-2-6-11/h3-4,7,11,20H,1-2,5-6,8-9H2,(H2,17,18). The summed E-state index contributed by atoms with van der Waals surface area (Å²) in [5.74, 6) is -0.0814. The van der Waals surface area contributed by atoms with E-state index in [4.69, 9.17) is 10.9 Å². The molecule has 6 heteroatoms. The van der Waals surface area contributed by atoms with E-state index in [9.17, 15) is 4.39 Å². The maximum atomic E-state index is 13.6. The summed E-state index contributed by atoms with van der Waals surface area (Å²) >= 11 is 3.29. The minimum Gasteiger partial charge on any atom is -0.409 e. The Bertz CT molecular complexity index is 489. The zero-order valence-corrected chi connectivity index (χ0v) is 12.8. The SMILES string of the molecule is N/C(CN(Cc1cccc(F)c1Br)C1CCCC1)=N/O. The number of amidine groups is 1. The molecule has 0 amide bonds. The number of hydrogen-bond donors (Lipinski definition) is 2. The molecule has 4 nitrogen and oxygen atoms in total. The van der Waals surface area contributed by atoms with Crippen LogP contribution in [0.2, 0.25) is 0 Å². The highest BCUT2D eigenvalue weighted by atomic mass is 79.9. The Morgan fingerprint density at radius 2 is 2.15 bits per heavy atom. The molecule has 1 aliphatic rings. The Morgan fingerprint density at radius 1 is 1.45 bits per heavy atom. The largest absolute Gasteiger partial charge is 0.409 e. The summed E-state index contributed by atoms with van der Waals surface area (Å²) in [5, 5.41) is 11.8. The third-order valence-corrected chi connectivity index (χ3v) is 4.63. The van der Waals surface area contributed by atoms with Crippen molar-refractivity contribution in [1.82, 2.24) is 4.90 Å². The smallest absolute Gasteiger partial charge is 0.153 e. The summed E-state index contributed by atoms with van der Waals surface area (Å²) < 4.78 is 14.1. The monoisotopic (exact) mass is 343 g/mol. The highest BCUT2D eigenvalue weighted by Gasteiger charge is 2.24. The lowest BCUT2D eigenvalue weighted by Gasteiger charge is -2.28. The summed E-state index contributed by atoms with van der Waals surface area (Å²) in [4.78, 5) is 2.15. The molecule has 0 radical (unpaired) electrons. The maximum absolute atomic E-state index is 13.6. The quantitative estimate of drug-likeness (QED) is 0.373. The summed E-state index contributed by atoms with van der Waals surface area (Å²) in [7, 11) is 0. The normalized spacial score (nSPS) is 17.1. The van der Waals surface area contributed by atoms with E-state index in [2.05, 4.69) is 26.0 Å². The highest BCUT2D eigenvalue weighted by molar-refractivity contribution is 9.10. The van der Waals surface area contributed by atoms with Gasteiger partial charge in [0.25, 0.3) is 0 Å². The first-order chi connectivity index (χ1) is 9.61. The fourth-order valence-electron chi connectivity index (χ4n) is 2.71. The molecular formula is C14H19BrFN3O. The van der Waals surface area contributed by atoms with Gasteiger partial charge in [0.05, 0.1) is 11.0 Å². The molecule has 3 N–H and O–H groups in total. The second kappa shape index (κ2) is 7.04. The minimum atomic E-state index is -0.266. The van der Waals surface area contributed by atoms with Crippen molar-refractivity contribution in [2.45, 2.75) is 38.3 Å². The van der Waals surface area contributed by atoms with Gasteiger partial charge in [0.1, 0.15) is 5.82 Å². The van der Waals surface area contributed by atoms with Gasteiger partial charge in [-0.25, -0.2) is 4.39 Å². The Labute approximate surface area is 126 Å². The number of rotatable bonds is 5. The highest BCUT2D eigenvalue weighted by Crippen LogP contribution is 2.27. The molecule has 0 saturated heterocycles. The molecule has 1 saturated carbocycles. The van der Waals surface area contributed by atoms with Crippen LogP contribution in [0.4, 0.5) is 4.39 Å². The second-order valence-corrected chi connectivity index (χ2v) is 5.94. The van der Waals surface area contributed by atoms with Crippen LogP contribution in [0.5, 0.6) is 0 Å². The van der Waals surface area contributed by atoms with Crippen molar-refractivity contribution in [2.75, 3.05) is 6.54 Å². The molecule has 1 aromatic rings. The molecule has 0 aliphatic heterocycles. The zero-order chi connectivity index (χ0) is 14.5. The average molecular weight is 344 g/mol. The van der Waals surface area contributed by atoms with Gasteiger partial charge in [0.15, 0.2) is 5.84 Å². The molecular weight excluding hydrogens is 325 g/mol. The summed E-state index contributed by atoms with van der Waals surface area (Å²) in [5.41, 5.74) is 6.51. The third-order valence-electron chi connectivity index (χ3n) is 3.74. The van der Waals surface area contributed by atoms with Crippen molar-refractivity contribution in [3.63, 3.8) is 0 Å². The lowest BCUT2D eigenvalue weighted by Crippen LogP contribution is -2.39. The van der Waals surface area contributed by atoms with E-state index in [0.717, 1.165) is 18.4 Å². The average Bonchev–Trinajstić information content (AvgIpc) is 2.96. The van der Waals surface area contributed by atoms with E-state index in [-0.39, 0.29) is 11.7 Å². The van der Waals surface area contributed by atoms with Gasteiger partial charge in [-0.1, -0.05) is 30.1 Å². The van der Waals surface area contributed by atoms with E-state index in [0.29, 0.717) is 23.6 Å². The predicted octanol–water partition coefficient (Wildman–Crippen LogP) is 3.08. The molecule has 1 aromatic carbocycles. The summed E-state index contributed by atoms with van der Waals surface area (Å²) in [6, 6.07) is 5.43. The molecule has 0 heterocycles. The zero-order valence-electron chi connectivity index (χ0n) is 11.2. The van der Waals surface area contributed by atoms with Crippen molar-refractivity contribution >= 4 is 21.8 Å². The minimum absolute atomic E-state index is 0.185. The topological polar surface area (TPSA) is 61.8 Å². The molecule has 20 heavy (non-hydrogen) atoms. The molecule has 0 unspecified atom stereocenters. The van der Waals surface area contributed by atoms with E-state index >= 15 is 0 Å². The van der Waals surface area contributed by atoms with Crippen LogP contribution in [-0.4, -0.2) is 28.5 Å². The number of halogens is 2. The van der Waals surface area contributed by atoms with Crippen molar-refractivity contribution in [3.05, 3.63) is 34.1 Å². The van der Waals surface area contributed by atoms with Crippen LogP contribution in [0, 0.1) is 5.82 Å². The van der Waals surface area contributed by atoms with Crippen LogP contribution in [-0.2, 0) is 6.54 Å². The van der Waals surface area contributed by atoms with Crippen molar-refractivity contribution in [1.29, 1.82) is 0 Å². The van der Waals surface area contributed by atoms with Gasteiger partial charge >= 0.3 is 0 Å². The third kappa shape index (κ3) is 3.70. The van der Waals surface area contributed by atoms with Crippen molar-refractivity contribution in [3.8, 4) is 0 Å². The van der Waals surface area contributed by atoms with E-state index in [1.165, 1.54) is 18.9 Å². The summed E-state index contributed by atoms with van der Waals surface area (Å²) in [6.07, 6.45) is 4.60. The Kier molecular flexibility index (Phi) is 5.37. The lowest BCUT2D eigenvalue weighted by atomic mass is 10.1. The number of oxime groups is 1. The molecule has 1 aliphatic carbocycles. The number of nitrogens with two attached hydrogens (primary N) is 1. The van der Waals surface area contributed by atoms with Gasteiger partial charge in [0, 0.05) is 12.6 Å². The fraction of sp³-hybridized carbons (Fsp3) is 0.500. The molecule has 1 fully saturated rings. The molecule has 2 rings (SSSR count). The van der Waals surface area contributed by atoms with E-state index < -0.39 is 0 Å². The Balaban J connectivity index is 2.16. The Hall–Kier alpha value is -1.14.